The van der Waals surface area contributed by atoms with Gasteiger partial charge in [0.1, 0.15) is 5.82 Å². The summed E-state index contributed by atoms with van der Waals surface area (Å²) in [4.78, 5) is 12.2. The summed E-state index contributed by atoms with van der Waals surface area (Å²) in [5.41, 5.74) is 0.331. The molecule has 1 N–H and O–H groups in total. The van der Waals surface area contributed by atoms with Crippen LogP contribution < -0.4 is 5.32 Å². The Balaban J connectivity index is 1.64. The van der Waals surface area contributed by atoms with Crippen molar-refractivity contribution in [3.05, 3.63) is 47.4 Å². The first-order valence-corrected chi connectivity index (χ1v) is 8.08. The van der Waals surface area contributed by atoms with Gasteiger partial charge in [0.2, 0.25) is 5.91 Å². The molecular weight excluding hydrogens is 357 g/mol. The van der Waals surface area contributed by atoms with E-state index in [0.29, 0.717) is 11.4 Å². The van der Waals surface area contributed by atoms with E-state index in [9.17, 15) is 9.18 Å². The number of anilines is 1. The van der Waals surface area contributed by atoms with Gasteiger partial charge in [-0.15, -0.1) is 10.2 Å². The molecule has 6 nitrogen and oxygen atoms in total. The molecule has 0 spiro atoms. The van der Waals surface area contributed by atoms with Crippen LogP contribution in [0.25, 0.3) is 11.7 Å². The maximum absolute atomic E-state index is 13.0. The third-order valence-electron chi connectivity index (χ3n) is 2.97. The highest BCUT2D eigenvalue weighted by Crippen LogP contribution is 2.28. The highest BCUT2D eigenvalue weighted by molar-refractivity contribution is 8.00. The molecule has 0 aliphatic heterocycles. The molecule has 0 radical (unpaired) electrons. The fourth-order valence-corrected chi connectivity index (χ4v) is 2.69. The molecule has 124 valence electrons. The van der Waals surface area contributed by atoms with Crippen molar-refractivity contribution in [1.29, 1.82) is 0 Å². The van der Waals surface area contributed by atoms with Crippen LogP contribution in [0.3, 0.4) is 0 Å². The number of hydrogen-bond acceptors (Lipinski definition) is 6. The van der Waals surface area contributed by atoms with Crippen LogP contribution in [-0.4, -0.2) is 21.4 Å². The Hall–Kier alpha value is -2.32. The molecule has 2 heterocycles. The molecule has 1 amide bonds. The molecule has 9 heteroatoms. The van der Waals surface area contributed by atoms with Crippen LogP contribution in [0.15, 0.2) is 50.7 Å². The molecule has 24 heavy (non-hydrogen) atoms. The summed E-state index contributed by atoms with van der Waals surface area (Å²) in [5.74, 6) is -0.121. The van der Waals surface area contributed by atoms with E-state index in [4.69, 9.17) is 20.4 Å². The number of hydrogen-bond donors (Lipinski definition) is 1. The van der Waals surface area contributed by atoms with E-state index in [1.807, 2.05) is 0 Å². The molecule has 1 atom stereocenters. The Morgan fingerprint density at radius 2 is 2.21 bits per heavy atom. The molecule has 0 fully saturated rings. The molecule has 0 unspecified atom stereocenters. The number of furan rings is 1. The molecule has 0 saturated carbocycles. The predicted molar refractivity (Wildman–Crippen MR) is 87.4 cm³/mol. The lowest BCUT2D eigenvalue weighted by atomic mass is 10.3. The van der Waals surface area contributed by atoms with Crippen LogP contribution in [0.2, 0.25) is 5.02 Å². The SMILES string of the molecule is C[C@H](Sc1nnc(-c2ccco2)o1)C(=O)Nc1ccc(F)cc1Cl. The molecule has 0 aliphatic rings. The lowest BCUT2D eigenvalue weighted by Gasteiger charge is -2.11. The Bertz CT molecular complexity index is 854. The van der Waals surface area contributed by atoms with Gasteiger partial charge in [-0.1, -0.05) is 23.4 Å². The average Bonchev–Trinajstić information content (AvgIpc) is 3.20. The van der Waals surface area contributed by atoms with Crippen molar-refractivity contribution in [2.24, 2.45) is 0 Å². The first-order chi connectivity index (χ1) is 11.5. The smallest absolute Gasteiger partial charge is 0.284 e. The monoisotopic (exact) mass is 367 g/mol. The van der Waals surface area contributed by atoms with Crippen LogP contribution in [-0.2, 0) is 4.79 Å². The Morgan fingerprint density at radius 3 is 2.92 bits per heavy atom. The second-order valence-electron chi connectivity index (χ2n) is 4.72. The van der Waals surface area contributed by atoms with Gasteiger partial charge in [0, 0.05) is 0 Å². The number of halogens is 2. The number of thioether (sulfide) groups is 1. The van der Waals surface area contributed by atoms with Crippen molar-refractivity contribution >= 4 is 35.0 Å². The van der Waals surface area contributed by atoms with E-state index < -0.39 is 11.1 Å². The van der Waals surface area contributed by atoms with Gasteiger partial charge < -0.3 is 14.2 Å². The van der Waals surface area contributed by atoms with Gasteiger partial charge in [0.05, 0.1) is 22.2 Å². The van der Waals surface area contributed by atoms with Crippen LogP contribution in [0.1, 0.15) is 6.92 Å². The third kappa shape index (κ3) is 3.77. The second-order valence-corrected chi connectivity index (χ2v) is 6.42. The van der Waals surface area contributed by atoms with Gasteiger partial charge in [-0.2, -0.15) is 0 Å². The number of aromatic nitrogens is 2. The molecule has 0 aliphatic carbocycles. The summed E-state index contributed by atoms with van der Waals surface area (Å²) in [6, 6.07) is 7.13. The maximum Gasteiger partial charge on any atom is 0.284 e. The fraction of sp³-hybridized carbons (Fsp3) is 0.133. The van der Waals surface area contributed by atoms with Gasteiger partial charge in [-0.25, -0.2) is 4.39 Å². The zero-order chi connectivity index (χ0) is 17.1. The van der Waals surface area contributed by atoms with E-state index in [2.05, 4.69) is 15.5 Å². The van der Waals surface area contributed by atoms with Gasteiger partial charge in [-0.05, 0) is 37.3 Å². The largest absolute Gasteiger partial charge is 0.459 e. The zero-order valence-electron chi connectivity index (χ0n) is 12.3. The first-order valence-electron chi connectivity index (χ1n) is 6.83. The van der Waals surface area contributed by atoms with Crippen molar-refractivity contribution < 1.29 is 18.0 Å². The minimum absolute atomic E-state index is 0.124. The van der Waals surface area contributed by atoms with E-state index in [-0.39, 0.29) is 22.0 Å². The Labute approximate surface area is 145 Å². The summed E-state index contributed by atoms with van der Waals surface area (Å²) in [6.45, 7) is 1.67. The number of rotatable bonds is 5. The number of benzene rings is 1. The normalized spacial score (nSPS) is 12.1. The number of carbonyl (C=O) groups is 1. The summed E-state index contributed by atoms with van der Waals surface area (Å²) in [6.07, 6.45) is 1.49. The van der Waals surface area contributed by atoms with E-state index in [1.165, 1.54) is 18.4 Å². The molecule has 0 saturated heterocycles. The van der Waals surface area contributed by atoms with E-state index >= 15 is 0 Å². The number of nitrogens with one attached hydrogen (secondary N) is 1. The number of nitrogens with zero attached hydrogens (tertiary/aromatic N) is 2. The zero-order valence-corrected chi connectivity index (χ0v) is 13.9. The lowest BCUT2D eigenvalue weighted by Crippen LogP contribution is -2.22. The molecule has 2 aromatic heterocycles. The second kappa shape index (κ2) is 7.06. The van der Waals surface area contributed by atoms with Crippen molar-refractivity contribution in [2.75, 3.05) is 5.32 Å². The van der Waals surface area contributed by atoms with E-state index in [0.717, 1.165) is 17.8 Å². The quantitative estimate of drug-likeness (QED) is 0.679. The predicted octanol–water partition coefficient (Wildman–Crippen LogP) is 4.24. The van der Waals surface area contributed by atoms with Crippen LogP contribution >= 0.6 is 23.4 Å². The number of carbonyl (C=O) groups excluding carboxylic acids is 1. The Morgan fingerprint density at radius 1 is 1.38 bits per heavy atom. The number of amides is 1. The molecular formula is C15H11ClFN3O3S. The Kier molecular flexibility index (Phi) is 4.86. The van der Waals surface area contributed by atoms with Gasteiger partial charge in [-0.3, -0.25) is 4.79 Å². The fourth-order valence-electron chi connectivity index (χ4n) is 1.79. The minimum atomic E-state index is -0.531. The van der Waals surface area contributed by atoms with Gasteiger partial charge in [0.25, 0.3) is 11.1 Å². The van der Waals surface area contributed by atoms with Gasteiger partial charge >= 0.3 is 0 Å². The van der Waals surface area contributed by atoms with Crippen LogP contribution in [0, 0.1) is 5.82 Å². The highest BCUT2D eigenvalue weighted by atomic mass is 35.5. The summed E-state index contributed by atoms with van der Waals surface area (Å²) < 4.78 is 23.6. The summed E-state index contributed by atoms with van der Waals surface area (Å²) in [7, 11) is 0. The maximum atomic E-state index is 13.0. The molecule has 0 bridgehead atoms. The molecule has 1 aromatic carbocycles. The van der Waals surface area contributed by atoms with Gasteiger partial charge in [0.15, 0.2) is 5.76 Å². The van der Waals surface area contributed by atoms with Crippen molar-refractivity contribution in [3.8, 4) is 11.7 Å². The topological polar surface area (TPSA) is 81.2 Å². The minimum Gasteiger partial charge on any atom is -0.459 e. The van der Waals surface area contributed by atoms with Crippen molar-refractivity contribution in [1.82, 2.24) is 10.2 Å². The third-order valence-corrected chi connectivity index (χ3v) is 4.22. The summed E-state index contributed by atoms with van der Waals surface area (Å²) in [5, 5.41) is 10.2. The first kappa shape index (κ1) is 16.5. The van der Waals surface area contributed by atoms with Crippen LogP contribution in [0.4, 0.5) is 10.1 Å². The van der Waals surface area contributed by atoms with Crippen LogP contribution in [0.5, 0.6) is 0 Å². The molecule has 3 aromatic rings. The highest BCUT2D eigenvalue weighted by Gasteiger charge is 2.20. The lowest BCUT2D eigenvalue weighted by molar-refractivity contribution is -0.115. The van der Waals surface area contributed by atoms with E-state index in [1.54, 1.807) is 19.1 Å². The molecule has 3 rings (SSSR count). The van der Waals surface area contributed by atoms with Crippen molar-refractivity contribution in [3.63, 3.8) is 0 Å². The average molecular weight is 368 g/mol. The van der Waals surface area contributed by atoms with Crippen molar-refractivity contribution in [2.45, 2.75) is 17.4 Å². The standard InChI is InChI=1S/C15H11ClFN3O3S/c1-8(13(21)18-11-5-4-9(17)7-10(11)16)24-15-20-19-14(23-15)12-3-2-6-22-12/h2-8H,1H3,(H,18,21)/t8-/m0/s1. The summed E-state index contributed by atoms with van der Waals surface area (Å²) >= 11 is 6.97.